The van der Waals surface area contributed by atoms with Crippen molar-refractivity contribution in [3.05, 3.63) is 0 Å². The van der Waals surface area contributed by atoms with E-state index in [9.17, 15) is 5.11 Å². The minimum Gasteiger partial charge on any atom is -0.394 e. The van der Waals surface area contributed by atoms with Crippen molar-refractivity contribution < 1.29 is 9.84 Å². The summed E-state index contributed by atoms with van der Waals surface area (Å²) < 4.78 is 5.63. The number of hydrogen-bond acceptors (Lipinski definition) is 4. The van der Waals surface area contributed by atoms with Crippen LogP contribution in [0.1, 0.15) is 33.1 Å². The average molecular weight is 258 g/mol. The number of hydrogen-bond donors (Lipinski definition) is 2. The van der Waals surface area contributed by atoms with Crippen LogP contribution in [0.5, 0.6) is 0 Å². The minimum absolute atomic E-state index is 0.155. The molecular weight excluding hydrogens is 228 g/mol. The SMILES string of the molecule is CCNC(C)(CO)CCN(C)CCOCC1CC1. The Bertz CT molecular complexity index is 222. The van der Waals surface area contributed by atoms with Crippen LogP contribution in [0.2, 0.25) is 0 Å². The fraction of sp³-hybridized carbons (Fsp3) is 1.00. The molecule has 0 heterocycles. The molecule has 4 heteroatoms. The second kappa shape index (κ2) is 8.10. The van der Waals surface area contributed by atoms with Gasteiger partial charge in [0, 0.05) is 18.7 Å². The van der Waals surface area contributed by atoms with Crippen molar-refractivity contribution >= 4 is 0 Å². The highest BCUT2D eigenvalue weighted by Gasteiger charge is 2.22. The summed E-state index contributed by atoms with van der Waals surface area (Å²) in [5, 5.41) is 12.8. The Labute approximate surface area is 112 Å². The van der Waals surface area contributed by atoms with Crippen LogP contribution in [0.4, 0.5) is 0 Å². The van der Waals surface area contributed by atoms with Crippen LogP contribution in [0, 0.1) is 5.92 Å². The third-order valence-electron chi connectivity index (χ3n) is 3.67. The largest absolute Gasteiger partial charge is 0.394 e. The minimum atomic E-state index is -0.155. The van der Waals surface area contributed by atoms with E-state index >= 15 is 0 Å². The monoisotopic (exact) mass is 258 g/mol. The number of nitrogens with zero attached hydrogens (tertiary/aromatic N) is 1. The molecule has 1 aliphatic rings. The summed E-state index contributed by atoms with van der Waals surface area (Å²) in [4.78, 5) is 2.28. The third-order valence-corrected chi connectivity index (χ3v) is 3.67. The van der Waals surface area contributed by atoms with Crippen LogP contribution in [0.15, 0.2) is 0 Å². The molecule has 2 N–H and O–H groups in total. The highest BCUT2D eigenvalue weighted by Crippen LogP contribution is 2.28. The molecule has 1 fully saturated rings. The standard InChI is InChI=1S/C14H30N2O2/c1-4-15-14(2,12-17)7-8-16(3)9-10-18-11-13-5-6-13/h13,15,17H,4-12H2,1-3H3. The number of ether oxygens (including phenoxy) is 1. The van der Waals surface area contributed by atoms with Gasteiger partial charge in [0.1, 0.15) is 0 Å². The fourth-order valence-corrected chi connectivity index (χ4v) is 1.95. The number of rotatable bonds is 11. The van der Waals surface area contributed by atoms with E-state index in [2.05, 4.69) is 31.1 Å². The molecule has 1 atom stereocenters. The first kappa shape index (κ1) is 15.9. The molecule has 1 rings (SSSR count). The third kappa shape index (κ3) is 6.69. The smallest absolute Gasteiger partial charge is 0.0611 e. The van der Waals surface area contributed by atoms with E-state index in [-0.39, 0.29) is 12.1 Å². The van der Waals surface area contributed by atoms with E-state index in [1.165, 1.54) is 12.8 Å². The maximum Gasteiger partial charge on any atom is 0.0611 e. The number of nitrogens with one attached hydrogen (secondary N) is 1. The Morgan fingerprint density at radius 2 is 2.11 bits per heavy atom. The first-order chi connectivity index (χ1) is 8.59. The highest BCUT2D eigenvalue weighted by molar-refractivity contribution is 4.82. The molecule has 0 radical (unpaired) electrons. The maximum atomic E-state index is 9.41. The van der Waals surface area contributed by atoms with Gasteiger partial charge >= 0.3 is 0 Å². The van der Waals surface area contributed by atoms with Gasteiger partial charge in [-0.3, -0.25) is 0 Å². The lowest BCUT2D eigenvalue weighted by atomic mass is 9.99. The van der Waals surface area contributed by atoms with E-state index in [0.29, 0.717) is 0 Å². The second-order valence-electron chi connectivity index (χ2n) is 5.82. The zero-order chi connectivity index (χ0) is 13.4. The Morgan fingerprint density at radius 3 is 2.67 bits per heavy atom. The van der Waals surface area contributed by atoms with E-state index < -0.39 is 0 Å². The Hall–Kier alpha value is -0.160. The Kier molecular flexibility index (Phi) is 7.15. The summed E-state index contributed by atoms with van der Waals surface area (Å²) in [5.41, 5.74) is -0.155. The van der Waals surface area contributed by atoms with Crippen molar-refractivity contribution in [1.82, 2.24) is 10.2 Å². The van der Waals surface area contributed by atoms with Crippen LogP contribution in [-0.2, 0) is 4.74 Å². The number of aliphatic hydroxyl groups is 1. The van der Waals surface area contributed by atoms with Crippen LogP contribution >= 0.6 is 0 Å². The van der Waals surface area contributed by atoms with Gasteiger partial charge in [-0.05, 0) is 52.2 Å². The molecule has 0 aromatic rings. The molecule has 1 saturated carbocycles. The molecule has 0 aromatic heterocycles. The van der Waals surface area contributed by atoms with Gasteiger partial charge in [0.2, 0.25) is 0 Å². The maximum absolute atomic E-state index is 9.41. The number of likely N-dealkylation sites (N-methyl/N-ethyl adjacent to an activating group) is 2. The molecule has 4 nitrogen and oxygen atoms in total. The molecule has 108 valence electrons. The molecule has 1 aliphatic carbocycles. The van der Waals surface area contributed by atoms with Crippen molar-refractivity contribution in [3.63, 3.8) is 0 Å². The van der Waals surface area contributed by atoms with E-state index in [1.54, 1.807) is 0 Å². The van der Waals surface area contributed by atoms with Crippen molar-refractivity contribution in [2.75, 3.05) is 46.5 Å². The van der Waals surface area contributed by atoms with Gasteiger partial charge in [0.15, 0.2) is 0 Å². The van der Waals surface area contributed by atoms with Gasteiger partial charge in [0.05, 0.1) is 13.2 Å². The summed E-state index contributed by atoms with van der Waals surface area (Å²) in [6, 6.07) is 0. The molecule has 0 bridgehead atoms. The lowest BCUT2D eigenvalue weighted by molar-refractivity contribution is 0.0965. The predicted molar refractivity (Wildman–Crippen MR) is 74.8 cm³/mol. The lowest BCUT2D eigenvalue weighted by Crippen LogP contribution is -2.47. The number of aliphatic hydroxyl groups excluding tert-OH is 1. The van der Waals surface area contributed by atoms with Gasteiger partial charge in [-0.15, -0.1) is 0 Å². The van der Waals surface area contributed by atoms with Crippen molar-refractivity contribution in [2.24, 2.45) is 5.92 Å². The molecular formula is C14H30N2O2. The lowest BCUT2D eigenvalue weighted by Gasteiger charge is -2.30. The van der Waals surface area contributed by atoms with Crippen molar-refractivity contribution in [3.8, 4) is 0 Å². The molecule has 0 aliphatic heterocycles. The fourth-order valence-electron chi connectivity index (χ4n) is 1.95. The molecule has 0 aromatic carbocycles. The van der Waals surface area contributed by atoms with Crippen molar-refractivity contribution in [2.45, 2.75) is 38.6 Å². The molecule has 0 amide bonds. The molecule has 1 unspecified atom stereocenters. The molecule has 18 heavy (non-hydrogen) atoms. The Balaban J connectivity index is 2.04. The van der Waals surface area contributed by atoms with Crippen molar-refractivity contribution in [1.29, 1.82) is 0 Å². The van der Waals surface area contributed by atoms with Crippen LogP contribution < -0.4 is 5.32 Å². The first-order valence-corrected chi connectivity index (χ1v) is 7.22. The van der Waals surface area contributed by atoms with Gasteiger partial charge in [0.25, 0.3) is 0 Å². The molecule has 0 spiro atoms. The summed E-state index contributed by atoms with van der Waals surface area (Å²) in [7, 11) is 2.12. The normalized spacial score (nSPS) is 19.2. The van der Waals surface area contributed by atoms with Gasteiger partial charge < -0.3 is 20.1 Å². The van der Waals surface area contributed by atoms with Crippen LogP contribution in [-0.4, -0.2) is 62.0 Å². The summed E-state index contributed by atoms with van der Waals surface area (Å²) in [6.07, 6.45) is 3.66. The first-order valence-electron chi connectivity index (χ1n) is 7.22. The quantitative estimate of drug-likeness (QED) is 0.545. The van der Waals surface area contributed by atoms with E-state index in [0.717, 1.165) is 45.2 Å². The van der Waals surface area contributed by atoms with E-state index in [1.807, 2.05) is 0 Å². The second-order valence-corrected chi connectivity index (χ2v) is 5.82. The average Bonchev–Trinajstić information content (AvgIpc) is 3.17. The zero-order valence-electron chi connectivity index (χ0n) is 12.2. The summed E-state index contributed by atoms with van der Waals surface area (Å²) >= 11 is 0. The summed E-state index contributed by atoms with van der Waals surface area (Å²) in [6.45, 7) is 8.95. The Morgan fingerprint density at radius 1 is 1.39 bits per heavy atom. The molecule has 0 saturated heterocycles. The van der Waals surface area contributed by atoms with Gasteiger partial charge in [-0.25, -0.2) is 0 Å². The zero-order valence-corrected chi connectivity index (χ0v) is 12.2. The van der Waals surface area contributed by atoms with Crippen LogP contribution in [0.3, 0.4) is 0 Å². The summed E-state index contributed by atoms with van der Waals surface area (Å²) in [5.74, 6) is 0.849. The predicted octanol–water partition coefficient (Wildman–Crippen LogP) is 1.10. The van der Waals surface area contributed by atoms with E-state index in [4.69, 9.17) is 4.74 Å². The van der Waals surface area contributed by atoms with Gasteiger partial charge in [-0.1, -0.05) is 6.92 Å². The highest BCUT2D eigenvalue weighted by atomic mass is 16.5. The van der Waals surface area contributed by atoms with Gasteiger partial charge in [-0.2, -0.15) is 0 Å². The van der Waals surface area contributed by atoms with Crippen LogP contribution in [0.25, 0.3) is 0 Å². The topological polar surface area (TPSA) is 44.7 Å².